The van der Waals surface area contributed by atoms with E-state index in [1.807, 2.05) is 43.0 Å². The molecule has 0 amide bonds. The fourth-order valence-electron chi connectivity index (χ4n) is 6.41. The fourth-order valence-corrected chi connectivity index (χ4v) is 8.74. The number of aliphatic hydroxyl groups is 1. The van der Waals surface area contributed by atoms with Crippen molar-refractivity contribution < 1.29 is 37.2 Å². The third kappa shape index (κ3) is 10.2. The van der Waals surface area contributed by atoms with Crippen LogP contribution in [0.4, 0.5) is 5.69 Å². The molecule has 50 heavy (non-hydrogen) atoms. The van der Waals surface area contributed by atoms with Crippen LogP contribution >= 0.6 is 11.8 Å². The van der Waals surface area contributed by atoms with Gasteiger partial charge >= 0.3 is 0 Å². The van der Waals surface area contributed by atoms with Crippen LogP contribution in [0.5, 0.6) is 5.75 Å². The Labute approximate surface area is 302 Å². The maximum atomic E-state index is 14.1. The Morgan fingerprint density at radius 3 is 2.34 bits per heavy atom. The average Bonchev–Trinajstić information content (AvgIpc) is 3.12. The molecule has 5 rings (SSSR count). The molecule has 274 valence electrons. The van der Waals surface area contributed by atoms with Crippen LogP contribution in [0.3, 0.4) is 0 Å². The number of hydrogen-bond donors (Lipinski definition) is 1. The van der Waals surface area contributed by atoms with Gasteiger partial charge in [0.2, 0.25) is 10.0 Å². The number of sulfonamides is 1. The zero-order valence-corrected chi connectivity index (χ0v) is 31.3. The summed E-state index contributed by atoms with van der Waals surface area (Å²) in [5, 5.41) is 10.2. The Hall–Kier alpha value is -2.68. The molecular weight excluding hydrogens is 677 g/mol. The van der Waals surface area contributed by atoms with E-state index < -0.39 is 28.3 Å². The summed E-state index contributed by atoms with van der Waals surface area (Å²) in [6, 6.07) is 21.5. The molecule has 3 aromatic carbocycles. The van der Waals surface area contributed by atoms with Crippen molar-refractivity contribution in [1.82, 2.24) is 4.31 Å². The van der Waals surface area contributed by atoms with E-state index in [1.54, 1.807) is 33.3 Å². The van der Waals surface area contributed by atoms with Gasteiger partial charge in [-0.25, -0.2) is 8.42 Å². The van der Waals surface area contributed by atoms with Crippen molar-refractivity contribution in [2.45, 2.75) is 61.8 Å². The number of rotatable bonds is 18. The zero-order chi connectivity index (χ0) is 35.5. The molecule has 1 N–H and O–H groups in total. The second-order valence-electron chi connectivity index (χ2n) is 13.0. The zero-order valence-electron chi connectivity index (χ0n) is 29.7. The monoisotopic (exact) mass is 728 g/mol. The number of thioether (sulfide) groups is 1. The predicted molar refractivity (Wildman–Crippen MR) is 198 cm³/mol. The summed E-state index contributed by atoms with van der Waals surface area (Å²) in [6.45, 7) is 7.90. The molecule has 0 bridgehead atoms. The van der Waals surface area contributed by atoms with Crippen LogP contribution in [0.25, 0.3) is 0 Å². The lowest BCUT2D eigenvalue weighted by atomic mass is 9.85. The molecule has 12 heteroatoms. The number of hydrogen-bond acceptors (Lipinski definition) is 10. The van der Waals surface area contributed by atoms with E-state index in [9.17, 15) is 13.5 Å². The molecular formula is C38H52N2O8S2. The van der Waals surface area contributed by atoms with Crippen LogP contribution in [0.1, 0.15) is 41.5 Å². The third-order valence-corrected chi connectivity index (χ3v) is 11.9. The SMILES string of the molecule is COCCCN1CCOc2ccc(CO[C@H]3CN(S(=O)(=O)c4ccc(C)cc4)C[C@@H](OCC(C)O)[C@@H]3c3ccc(CSCCOC)cc3)cc21. The summed E-state index contributed by atoms with van der Waals surface area (Å²) in [7, 11) is -0.436. The maximum absolute atomic E-state index is 14.1. The minimum Gasteiger partial charge on any atom is -0.490 e. The Kier molecular flexibility index (Phi) is 14.4. The molecule has 4 atom stereocenters. The number of fused-ring (bicyclic) bond motifs is 1. The molecule has 0 radical (unpaired) electrons. The Bertz CT molecular complexity index is 1590. The molecule has 1 fully saturated rings. The van der Waals surface area contributed by atoms with E-state index in [1.165, 1.54) is 9.87 Å². The van der Waals surface area contributed by atoms with Crippen molar-refractivity contribution >= 4 is 27.5 Å². The number of aryl methyl sites for hydroxylation is 1. The summed E-state index contributed by atoms with van der Waals surface area (Å²) >= 11 is 1.81. The van der Waals surface area contributed by atoms with Crippen molar-refractivity contribution in [2.75, 3.05) is 77.5 Å². The van der Waals surface area contributed by atoms with Gasteiger partial charge in [0.1, 0.15) is 12.4 Å². The molecule has 0 saturated carbocycles. The minimum atomic E-state index is -3.86. The van der Waals surface area contributed by atoms with Crippen molar-refractivity contribution in [3.05, 3.63) is 89.0 Å². The van der Waals surface area contributed by atoms with E-state index >= 15 is 0 Å². The van der Waals surface area contributed by atoms with Gasteiger partial charge in [0.05, 0.1) is 55.3 Å². The van der Waals surface area contributed by atoms with Gasteiger partial charge in [-0.3, -0.25) is 0 Å². The van der Waals surface area contributed by atoms with Gasteiger partial charge < -0.3 is 33.7 Å². The molecule has 3 aromatic rings. The molecule has 2 heterocycles. The number of piperidine rings is 1. The highest BCUT2D eigenvalue weighted by Gasteiger charge is 2.43. The van der Waals surface area contributed by atoms with Crippen LogP contribution in [-0.4, -0.2) is 109 Å². The quantitative estimate of drug-likeness (QED) is 0.175. The number of benzene rings is 3. The van der Waals surface area contributed by atoms with Gasteiger partial charge in [-0.1, -0.05) is 48.0 Å². The topological polar surface area (TPSA) is 107 Å². The van der Waals surface area contributed by atoms with Gasteiger partial charge in [-0.15, -0.1) is 0 Å². The van der Waals surface area contributed by atoms with E-state index in [0.717, 1.165) is 59.1 Å². The van der Waals surface area contributed by atoms with Gasteiger partial charge in [0.15, 0.2) is 0 Å². The number of nitrogens with zero attached hydrogens (tertiary/aromatic N) is 2. The Morgan fingerprint density at radius 2 is 1.64 bits per heavy atom. The largest absolute Gasteiger partial charge is 0.490 e. The molecule has 10 nitrogen and oxygen atoms in total. The smallest absolute Gasteiger partial charge is 0.243 e. The maximum Gasteiger partial charge on any atom is 0.243 e. The highest BCUT2D eigenvalue weighted by Crippen LogP contribution is 2.37. The minimum absolute atomic E-state index is 0.0737. The van der Waals surface area contributed by atoms with Crippen LogP contribution < -0.4 is 9.64 Å². The first-order valence-corrected chi connectivity index (χ1v) is 19.9. The van der Waals surface area contributed by atoms with Crippen molar-refractivity contribution in [1.29, 1.82) is 0 Å². The second kappa shape index (κ2) is 18.7. The first kappa shape index (κ1) is 38.5. The highest BCUT2D eigenvalue weighted by atomic mass is 32.2. The molecule has 0 spiro atoms. The molecule has 0 aliphatic carbocycles. The van der Waals surface area contributed by atoms with E-state index in [2.05, 4.69) is 35.2 Å². The van der Waals surface area contributed by atoms with Crippen LogP contribution in [0.2, 0.25) is 0 Å². The number of methoxy groups -OCH3 is 2. The first-order chi connectivity index (χ1) is 24.2. The second-order valence-corrected chi connectivity index (χ2v) is 16.0. The predicted octanol–water partition coefficient (Wildman–Crippen LogP) is 5.25. The number of anilines is 1. The average molecular weight is 729 g/mol. The van der Waals surface area contributed by atoms with Crippen molar-refractivity contribution in [3.63, 3.8) is 0 Å². The lowest BCUT2D eigenvalue weighted by molar-refractivity contribution is -0.0916. The molecule has 1 saturated heterocycles. The molecule has 2 aliphatic heterocycles. The standard InChI is InChI=1S/C38H52N2O8S2/c1-28-6-13-33(14-7-28)50(42,43)40-23-36(47-25-29(2)41)38(32-11-8-30(9-12-32)27-49-21-20-45-4)37(24-40)48-26-31-10-15-35-34(22-31)39(17-19-46-35)16-5-18-44-3/h6-15,22,29,36-38,41H,5,16-21,23-27H2,1-4H3/t29?,36-,37+,38+/m1/s1. The summed E-state index contributed by atoms with van der Waals surface area (Å²) in [6.07, 6.45) is -0.895. The normalized spacial score (nSPS) is 20.3. The van der Waals surface area contributed by atoms with Crippen LogP contribution in [0, 0.1) is 6.92 Å². The van der Waals surface area contributed by atoms with E-state index in [0.29, 0.717) is 19.8 Å². The molecule has 1 unspecified atom stereocenters. The summed E-state index contributed by atoms with van der Waals surface area (Å²) in [4.78, 5) is 2.54. The van der Waals surface area contributed by atoms with Crippen molar-refractivity contribution in [2.24, 2.45) is 0 Å². The lowest BCUT2D eigenvalue weighted by Crippen LogP contribution is -2.54. The van der Waals surface area contributed by atoms with Gasteiger partial charge in [0.25, 0.3) is 0 Å². The van der Waals surface area contributed by atoms with Crippen LogP contribution in [-0.2, 0) is 41.3 Å². The molecule has 2 aliphatic rings. The summed E-state index contributed by atoms with van der Waals surface area (Å²) in [5.74, 6) is 2.34. The third-order valence-electron chi connectivity index (χ3n) is 9.07. The van der Waals surface area contributed by atoms with E-state index in [4.69, 9.17) is 23.7 Å². The summed E-state index contributed by atoms with van der Waals surface area (Å²) < 4.78 is 59.1. The Balaban J connectivity index is 1.44. The van der Waals surface area contributed by atoms with Crippen LogP contribution in [0.15, 0.2) is 71.6 Å². The lowest BCUT2D eigenvalue weighted by Gasteiger charge is -2.43. The molecule has 0 aromatic heterocycles. The van der Waals surface area contributed by atoms with Gasteiger partial charge in [0, 0.05) is 57.9 Å². The van der Waals surface area contributed by atoms with Gasteiger partial charge in [-0.2, -0.15) is 16.1 Å². The number of ether oxygens (including phenoxy) is 5. The van der Waals surface area contributed by atoms with E-state index in [-0.39, 0.29) is 37.1 Å². The first-order valence-electron chi connectivity index (χ1n) is 17.3. The number of aliphatic hydroxyl groups excluding tert-OH is 1. The van der Waals surface area contributed by atoms with Gasteiger partial charge in [-0.05, 0) is 61.2 Å². The summed E-state index contributed by atoms with van der Waals surface area (Å²) in [5.41, 5.74) is 5.17. The Morgan fingerprint density at radius 1 is 0.940 bits per heavy atom. The fraction of sp³-hybridized carbons (Fsp3) is 0.526. The van der Waals surface area contributed by atoms with Crippen molar-refractivity contribution in [3.8, 4) is 5.75 Å². The highest BCUT2D eigenvalue weighted by molar-refractivity contribution is 7.98.